The average molecular weight is 253 g/mol. The first-order valence-electron chi connectivity index (χ1n) is 4.74. The Morgan fingerprint density at radius 2 is 2.06 bits per heavy atom. The number of rotatable bonds is 3. The van der Waals surface area contributed by atoms with Crippen LogP contribution in [-0.2, 0) is 10.0 Å². The molecule has 0 radical (unpaired) electrons. The second kappa shape index (κ2) is 4.19. The first-order valence-corrected chi connectivity index (χ1v) is 6.28. The minimum Gasteiger partial charge on any atom is -0.496 e. The lowest BCUT2D eigenvalue weighted by atomic mass is 10.1. The molecule has 0 aliphatic carbocycles. The lowest BCUT2D eigenvalue weighted by Crippen LogP contribution is -2.12. The van der Waals surface area contributed by atoms with Gasteiger partial charge in [-0.05, 0) is 12.1 Å². The number of nitrogens with two attached hydrogens (primary N) is 1. The summed E-state index contributed by atoms with van der Waals surface area (Å²) in [5.74, 6) is 0.611. The highest BCUT2D eigenvalue weighted by Crippen LogP contribution is 2.28. The zero-order chi connectivity index (χ0) is 12.5. The van der Waals surface area contributed by atoms with Crippen molar-refractivity contribution >= 4 is 10.0 Å². The number of aromatic amines is 1. The molecule has 2 aromatic rings. The van der Waals surface area contributed by atoms with Crippen LogP contribution in [0.4, 0.5) is 0 Å². The molecule has 17 heavy (non-hydrogen) atoms. The lowest BCUT2D eigenvalue weighted by molar-refractivity contribution is 0.416. The second-order valence-corrected chi connectivity index (χ2v) is 4.89. The topological polar surface area (TPSA) is 98.1 Å². The van der Waals surface area contributed by atoms with Crippen LogP contribution in [0.1, 0.15) is 0 Å². The van der Waals surface area contributed by atoms with Crippen LogP contribution < -0.4 is 9.88 Å². The molecule has 0 unspecified atom stereocenters. The Hall–Kier alpha value is -1.86. The Morgan fingerprint density at radius 3 is 2.65 bits per heavy atom. The highest BCUT2D eigenvalue weighted by atomic mass is 32.2. The van der Waals surface area contributed by atoms with E-state index in [1.165, 1.54) is 13.2 Å². The summed E-state index contributed by atoms with van der Waals surface area (Å²) in [6, 6.07) is 8.54. The van der Waals surface area contributed by atoms with Crippen LogP contribution in [0.2, 0.25) is 0 Å². The number of methoxy groups -OCH3 is 1. The van der Waals surface area contributed by atoms with Crippen molar-refractivity contribution in [3.8, 4) is 17.0 Å². The number of hydrogen-bond donors (Lipinski definition) is 2. The molecule has 0 amide bonds. The van der Waals surface area contributed by atoms with Gasteiger partial charge < -0.3 is 4.74 Å². The van der Waals surface area contributed by atoms with Gasteiger partial charge in [0, 0.05) is 11.6 Å². The Balaban J connectivity index is 2.51. The summed E-state index contributed by atoms with van der Waals surface area (Å²) in [4.78, 5) is 0. The van der Waals surface area contributed by atoms with Crippen LogP contribution in [0.15, 0.2) is 35.4 Å². The van der Waals surface area contributed by atoms with Gasteiger partial charge in [-0.25, -0.2) is 13.6 Å². The molecule has 0 bridgehead atoms. The number of benzene rings is 1. The predicted octanol–water partition coefficient (Wildman–Crippen LogP) is 0.733. The number of ether oxygens (including phenoxy) is 1. The quantitative estimate of drug-likeness (QED) is 0.842. The summed E-state index contributed by atoms with van der Waals surface area (Å²) >= 11 is 0. The minimum atomic E-state index is -3.77. The largest absolute Gasteiger partial charge is 0.496 e. The molecule has 1 aromatic carbocycles. The van der Waals surface area contributed by atoms with Crippen molar-refractivity contribution in [1.29, 1.82) is 0 Å². The first-order chi connectivity index (χ1) is 8.02. The van der Waals surface area contributed by atoms with Crippen molar-refractivity contribution in [2.75, 3.05) is 7.11 Å². The third-order valence-corrected chi connectivity index (χ3v) is 3.07. The van der Waals surface area contributed by atoms with Gasteiger partial charge in [0.25, 0.3) is 10.0 Å². The molecule has 7 heteroatoms. The van der Waals surface area contributed by atoms with Gasteiger partial charge in [0.15, 0.2) is 5.03 Å². The van der Waals surface area contributed by atoms with E-state index in [0.717, 1.165) is 0 Å². The maximum atomic E-state index is 11.1. The van der Waals surface area contributed by atoms with Crippen molar-refractivity contribution in [3.63, 3.8) is 0 Å². The summed E-state index contributed by atoms with van der Waals surface area (Å²) in [7, 11) is -2.23. The standard InChI is InChI=1S/C10H11N3O3S/c1-16-9-5-3-2-4-7(9)8-6-10(13-12-8)17(11,14)15/h2-6H,1H3,(H,12,13)(H2,11,14,15). The fraction of sp³-hybridized carbons (Fsp3) is 0.100. The minimum absolute atomic E-state index is 0.126. The smallest absolute Gasteiger partial charge is 0.254 e. The highest BCUT2D eigenvalue weighted by molar-refractivity contribution is 7.89. The van der Waals surface area contributed by atoms with E-state index in [1.54, 1.807) is 12.1 Å². The number of para-hydroxylation sites is 1. The van der Waals surface area contributed by atoms with Crippen molar-refractivity contribution < 1.29 is 13.2 Å². The number of nitrogens with one attached hydrogen (secondary N) is 1. The monoisotopic (exact) mass is 253 g/mol. The molecule has 0 aliphatic rings. The Morgan fingerprint density at radius 1 is 1.35 bits per heavy atom. The van der Waals surface area contributed by atoms with Gasteiger partial charge in [-0.2, -0.15) is 5.10 Å². The van der Waals surface area contributed by atoms with E-state index in [9.17, 15) is 8.42 Å². The molecule has 0 saturated carbocycles. The van der Waals surface area contributed by atoms with E-state index in [2.05, 4.69) is 10.2 Å². The van der Waals surface area contributed by atoms with Gasteiger partial charge in [0.05, 0.1) is 12.8 Å². The van der Waals surface area contributed by atoms with E-state index >= 15 is 0 Å². The van der Waals surface area contributed by atoms with Crippen LogP contribution >= 0.6 is 0 Å². The molecule has 90 valence electrons. The van der Waals surface area contributed by atoms with Crippen LogP contribution in [0.25, 0.3) is 11.3 Å². The first kappa shape index (κ1) is 11.6. The van der Waals surface area contributed by atoms with E-state index in [-0.39, 0.29) is 5.03 Å². The van der Waals surface area contributed by atoms with Crippen LogP contribution in [0, 0.1) is 0 Å². The molecule has 6 nitrogen and oxygen atoms in total. The average Bonchev–Trinajstić information content (AvgIpc) is 2.77. The second-order valence-electron chi connectivity index (χ2n) is 3.36. The molecule has 0 aliphatic heterocycles. The van der Waals surface area contributed by atoms with Gasteiger partial charge in [0.2, 0.25) is 0 Å². The molecule has 1 heterocycles. The number of nitrogens with zero attached hydrogens (tertiary/aromatic N) is 1. The molecular formula is C10H11N3O3S. The predicted molar refractivity (Wildman–Crippen MR) is 61.9 cm³/mol. The zero-order valence-electron chi connectivity index (χ0n) is 9.04. The van der Waals surface area contributed by atoms with Crippen molar-refractivity contribution in [2.45, 2.75) is 5.03 Å². The lowest BCUT2D eigenvalue weighted by Gasteiger charge is -2.04. The Kier molecular flexibility index (Phi) is 2.86. The maximum absolute atomic E-state index is 11.1. The van der Waals surface area contributed by atoms with E-state index < -0.39 is 10.0 Å². The van der Waals surface area contributed by atoms with Gasteiger partial charge >= 0.3 is 0 Å². The summed E-state index contributed by atoms with van der Waals surface area (Å²) in [5.41, 5.74) is 1.16. The molecule has 0 atom stereocenters. The zero-order valence-corrected chi connectivity index (χ0v) is 9.86. The number of primary sulfonamides is 1. The normalized spacial score (nSPS) is 11.4. The fourth-order valence-corrected chi connectivity index (χ4v) is 1.89. The van der Waals surface area contributed by atoms with Gasteiger partial charge in [-0.15, -0.1) is 0 Å². The van der Waals surface area contributed by atoms with Crippen LogP contribution in [0.3, 0.4) is 0 Å². The van der Waals surface area contributed by atoms with Crippen LogP contribution in [0.5, 0.6) is 5.75 Å². The molecular weight excluding hydrogens is 242 g/mol. The molecule has 2 rings (SSSR count). The molecule has 0 spiro atoms. The third kappa shape index (κ3) is 2.29. The van der Waals surface area contributed by atoms with E-state index in [1.807, 2.05) is 12.1 Å². The van der Waals surface area contributed by atoms with Gasteiger partial charge in [-0.3, -0.25) is 5.10 Å². The van der Waals surface area contributed by atoms with Crippen LogP contribution in [-0.4, -0.2) is 25.7 Å². The third-order valence-electron chi connectivity index (χ3n) is 2.24. The molecule has 3 N–H and O–H groups in total. The summed E-state index contributed by atoms with van der Waals surface area (Å²) in [6.45, 7) is 0. The van der Waals surface area contributed by atoms with E-state index in [0.29, 0.717) is 17.0 Å². The fourth-order valence-electron chi connectivity index (χ4n) is 1.44. The summed E-state index contributed by atoms with van der Waals surface area (Å²) in [6.07, 6.45) is 0. The number of H-pyrrole nitrogens is 1. The SMILES string of the molecule is COc1ccccc1-c1cc(S(N)(=O)=O)[nH]n1. The van der Waals surface area contributed by atoms with Crippen molar-refractivity contribution in [1.82, 2.24) is 10.2 Å². The highest BCUT2D eigenvalue weighted by Gasteiger charge is 2.14. The van der Waals surface area contributed by atoms with Crippen molar-refractivity contribution in [3.05, 3.63) is 30.3 Å². The Bertz CT molecular complexity index is 634. The van der Waals surface area contributed by atoms with E-state index in [4.69, 9.17) is 9.88 Å². The Labute approximate surface area is 98.5 Å². The van der Waals surface area contributed by atoms with Gasteiger partial charge in [-0.1, -0.05) is 12.1 Å². The summed E-state index contributed by atoms with van der Waals surface area (Å²) < 4.78 is 27.4. The summed E-state index contributed by atoms with van der Waals surface area (Å²) in [5, 5.41) is 11.1. The maximum Gasteiger partial charge on any atom is 0.254 e. The van der Waals surface area contributed by atoms with Gasteiger partial charge in [0.1, 0.15) is 5.75 Å². The number of sulfonamides is 1. The molecule has 0 fully saturated rings. The van der Waals surface area contributed by atoms with Crippen molar-refractivity contribution in [2.24, 2.45) is 5.14 Å². The number of hydrogen-bond acceptors (Lipinski definition) is 4. The molecule has 0 saturated heterocycles. The molecule has 1 aromatic heterocycles. The number of aromatic nitrogens is 2.